The first kappa shape index (κ1) is 16.5. The van der Waals surface area contributed by atoms with Crippen LogP contribution in [-0.4, -0.2) is 37.6 Å². The quantitative estimate of drug-likeness (QED) is 0.842. The first-order valence-corrected chi connectivity index (χ1v) is 8.86. The lowest BCUT2D eigenvalue weighted by Crippen LogP contribution is -2.31. The van der Waals surface area contributed by atoms with Gasteiger partial charge in [0.05, 0.1) is 11.6 Å². The molecule has 1 aliphatic heterocycles. The lowest BCUT2D eigenvalue weighted by molar-refractivity contribution is 0.290. The summed E-state index contributed by atoms with van der Waals surface area (Å²) in [7, 11) is 0. The molecule has 3 nitrogen and oxygen atoms in total. The molecule has 0 saturated carbocycles. The monoisotopic (exact) mass is 319 g/mol. The summed E-state index contributed by atoms with van der Waals surface area (Å²) in [6.07, 6.45) is 3.59. The molecule has 1 saturated heterocycles. The van der Waals surface area contributed by atoms with Crippen LogP contribution in [0.1, 0.15) is 24.0 Å². The van der Waals surface area contributed by atoms with E-state index in [9.17, 15) is 0 Å². The van der Waals surface area contributed by atoms with Crippen LogP contribution in [-0.2, 0) is 6.42 Å². The topological polar surface area (TPSA) is 30.3 Å². The van der Waals surface area contributed by atoms with Gasteiger partial charge in [-0.05, 0) is 62.2 Å². The van der Waals surface area contributed by atoms with Crippen LogP contribution in [0.5, 0.6) is 0 Å². The van der Waals surface area contributed by atoms with E-state index in [1.165, 1.54) is 37.2 Å². The highest BCUT2D eigenvalue weighted by Gasteiger charge is 2.14. The number of aryl methyl sites for hydroxylation is 1. The van der Waals surface area contributed by atoms with E-state index in [1.807, 2.05) is 12.1 Å². The van der Waals surface area contributed by atoms with Crippen LogP contribution in [0.15, 0.2) is 54.6 Å². The van der Waals surface area contributed by atoms with Crippen molar-refractivity contribution in [2.75, 3.05) is 37.6 Å². The second-order valence-electron chi connectivity index (χ2n) is 6.43. The molecular formula is C21H25N3. The predicted molar refractivity (Wildman–Crippen MR) is 99.2 cm³/mol. The third-order valence-corrected chi connectivity index (χ3v) is 4.73. The minimum Gasteiger partial charge on any atom is -0.370 e. The van der Waals surface area contributed by atoms with E-state index in [2.05, 4.69) is 58.3 Å². The molecule has 0 aromatic heterocycles. The Bertz CT molecular complexity index is 658. The summed E-state index contributed by atoms with van der Waals surface area (Å²) in [5, 5.41) is 8.91. The molecule has 0 radical (unpaired) electrons. The Balaban J connectivity index is 1.47. The van der Waals surface area contributed by atoms with Gasteiger partial charge in [0.1, 0.15) is 0 Å². The van der Waals surface area contributed by atoms with Gasteiger partial charge in [0.15, 0.2) is 0 Å². The molecule has 3 heteroatoms. The molecule has 1 heterocycles. The normalized spacial score (nSPS) is 15.7. The second kappa shape index (κ2) is 8.52. The molecule has 3 rings (SSSR count). The highest BCUT2D eigenvalue weighted by Crippen LogP contribution is 2.17. The van der Waals surface area contributed by atoms with Crippen molar-refractivity contribution in [2.45, 2.75) is 19.3 Å². The molecule has 1 fully saturated rings. The molecule has 0 amide bonds. The minimum absolute atomic E-state index is 0.733. The van der Waals surface area contributed by atoms with Crippen molar-refractivity contribution in [2.24, 2.45) is 0 Å². The molecule has 0 atom stereocenters. The SMILES string of the molecule is N#Cc1ccc(N2CCCN(CCCc3ccccc3)CC2)cc1. The van der Waals surface area contributed by atoms with Gasteiger partial charge < -0.3 is 9.80 Å². The zero-order valence-corrected chi connectivity index (χ0v) is 14.2. The zero-order valence-electron chi connectivity index (χ0n) is 14.2. The third kappa shape index (κ3) is 4.59. The summed E-state index contributed by atoms with van der Waals surface area (Å²) in [6, 6.07) is 20.9. The Morgan fingerprint density at radius 1 is 0.875 bits per heavy atom. The van der Waals surface area contributed by atoms with Crippen molar-refractivity contribution in [3.8, 4) is 6.07 Å². The molecule has 0 unspecified atom stereocenters. The maximum absolute atomic E-state index is 8.91. The largest absolute Gasteiger partial charge is 0.370 e. The average molecular weight is 319 g/mol. The zero-order chi connectivity index (χ0) is 16.6. The van der Waals surface area contributed by atoms with Crippen molar-refractivity contribution in [1.82, 2.24) is 4.90 Å². The molecule has 2 aromatic carbocycles. The first-order chi connectivity index (χ1) is 11.8. The van der Waals surface area contributed by atoms with E-state index >= 15 is 0 Å². The Kier molecular flexibility index (Phi) is 5.87. The van der Waals surface area contributed by atoms with Crippen LogP contribution in [0.4, 0.5) is 5.69 Å². The van der Waals surface area contributed by atoms with E-state index < -0.39 is 0 Å². The van der Waals surface area contributed by atoms with Crippen molar-refractivity contribution < 1.29 is 0 Å². The number of nitrogens with zero attached hydrogens (tertiary/aromatic N) is 3. The van der Waals surface area contributed by atoms with Gasteiger partial charge in [0.2, 0.25) is 0 Å². The Labute approximate surface area is 145 Å². The highest BCUT2D eigenvalue weighted by atomic mass is 15.2. The molecule has 1 aliphatic rings. The van der Waals surface area contributed by atoms with E-state index in [-0.39, 0.29) is 0 Å². The summed E-state index contributed by atoms with van der Waals surface area (Å²) in [5.41, 5.74) is 3.41. The van der Waals surface area contributed by atoms with E-state index in [1.54, 1.807) is 0 Å². The van der Waals surface area contributed by atoms with Crippen molar-refractivity contribution in [3.63, 3.8) is 0 Å². The fraction of sp³-hybridized carbons (Fsp3) is 0.381. The van der Waals surface area contributed by atoms with Crippen LogP contribution < -0.4 is 4.90 Å². The smallest absolute Gasteiger partial charge is 0.0991 e. The molecule has 124 valence electrons. The summed E-state index contributed by atoms with van der Waals surface area (Å²) < 4.78 is 0. The third-order valence-electron chi connectivity index (χ3n) is 4.73. The highest BCUT2D eigenvalue weighted by molar-refractivity contribution is 5.49. The lowest BCUT2D eigenvalue weighted by Gasteiger charge is -2.23. The summed E-state index contributed by atoms with van der Waals surface area (Å²) in [4.78, 5) is 5.03. The number of hydrogen-bond donors (Lipinski definition) is 0. The number of anilines is 1. The standard InChI is InChI=1S/C21H25N3/c22-18-20-9-11-21(12-10-20)24-15-5-14-23(16-17-24)13-4-8-19-6-2-1-3-7-19/h1-3,6-7,9-12H,4-5,8,13-17H2. The van der Waals surface area contributed by atoms with Gasteiger partial charge >= 0.3 is 0 Å². The second-order valence-corrected chi connectivity index (χ2v) is 6.43. The predicted octanol–water partition coefficient (Wildman–Crippen LogP) is 3.70. The lowest BCUT2D eigenvalue weighted by atomic mass is 10.1. The average Bonchev–Trinajstić information content (AvgIpc) is 2.88. The van der Waals surface area contributed by atoms with Crippen LogP contribution in [0.25, 0.3) is 0 Å². The van der Waals surface area contributed by atoms with Crippen molar-refractivity contribution >= 4 is 5.69 Å². The number of rotatable bonds is 5. The summed E-state index contributed by atoms with van der Waals surface area (Å²) in [6.45, 7) is 5.64. The number of nitriles is 1. The van der Waals surface area contributed by atoms with Crippen LogP contribution in [0, 0.1) is 11.3 Å². The van der Waals surface area contributed by atoms with Gasteiger partial charge in [-0.15, -0.1) is 0 Å². The molecule has 2 aromatic rings. The Morgan fingerprint density at radius 3 is 2.42 bits per heavy atom. The van der Waals surface area contributed by atoms with Gasteiger partial charge in [0.25, 0.3) is 0 Å². The maximum atomic E-state index is 8.91. The molecule has 24 heavy (non-hydrogen) atoms. The van der Waals surface area contributed by atoms with Gasteiger partial charge in [-0.3, -0.25) is 0 Å². The fourth-order valence-electron chi connectivity index (χ4n) is 3.35. The van der Waals surface area contributed by atoms with Crippen molar-refractivity contribution in [1.29, 1.82) is 5.26 Å². The molecule has 0 N–H and O–H groups in total. The maximum Gasteiger partial charge on any atom is 0.0991 e. The first-order valence-electron chi connectivity index (χ1n) is 8.86. The fourth-order valence-corrected chi connectivity index (χ4v) is 3.35. The van der Waals surface area contributed by atoms with Crippen LogP contribution in [0.2, 0.25) is 0 Å². The van der Waals surface area contributed by atoms with E-state index in [4.69, 9.17) is 5.26 Å². The van der Waals surface area contributed by atoms with Crippen LogP contribution >= 0.6 is 0 Å². The minimum atomic E-state index is 0.733. The number of benzene rings is 2. The van der Waals surface area contributed by atoms with Gasteiger partial charge in [0, 0.05) is 25.3 Å². The number of hydrogen-bond acceptors (Lipinski definition) is 3. The molecule has 0 bridgehead atoms. The van der Waals surface area contributed by atoms with E-state index in [0.717, 1.165) is 31.6 Å². The molecular weight excluding hydrogens is 294 g/mol. The Hall–Kier alpha value is -2.31. The van der Waals surface area contributed by atoms with Crippen molar-refractivity contribution in [3.05, 3.63) is 65.7 Å². The molecule has 0 spiro atoms. The van der Waals surface area contributed by atoms with Crippen LogP contribution in [0.3, 0.4) is 0 Å². The summed E-state index contributed by atoms with van der Waals surface area (Å²) >= 11 is 0. The van der Waals surface area contributed by atoms with Gasteiger partial charge in [-0.25, -0.2) is 0 Å². The summed E-state index contributed by atoms with van der Waals surface area (Å²) in [5.74, 6) is 0. The van der Waals surface area contributed by atoms with Gasteiger partial charge in [-0.1, -0.05) is 30.3 Å². The van der Waals surface area contributed by atoms with Gasteiger partial charge in [-0.2, -0.15) is 5.26 Å². The van der Waals surface area contributed by atoms with E-state index in [0.29, 0.717) is 0 Å². The Morgan fingerprint density at radius 2 is 1.67 bits per heavy atom. The molecule has 0 aliphatic carbocycles.